The topological polar surface area (TPSA) is 84.6 Å². The third-order valence-electron chi connectivity index (χ3n) is 3.07. The molecule has 5 heteroatoms. The van der Waals surface area contributed by atoms with Gasteiger partial charge in [0.2, 0.25) is 5.91 Å². The van der Waals surface area contributed by atoms with Gasteiger partial charge >= 0.3 is 0 Å². The summed E-state index contributed by atoms with van der Waals surface area (Å²) in [5, 5.41) is 12.2. The molecule has 0 heterocycles. The molecule has 2 atom stereocenters. The van der Waals surface area contributed by atoms with Crippen LogP contribution in [-0.2, 0) is 9.53 Å². The monoisotopic (exact) mass is 280 g/mol. The maximum absolute atomic E-state index is 11.6. The molecule has 0 bridgehead atoms. The fraction of sp³-hybridized carbons (Fsp3) is 0.533. The normalized spacial score (nSPS) is 13.8. The van der Waals surface area contributed by atoms with E-state index in [1.54, 1.807) is 0 Å². The minimum absolute atomic E-state index is 0.0407. The number of ether oxygens (including phenoxy) is 1. The Morgan fingerprint density at radius 2 is 2.05 bits per heavy atom. The van der Waals surface area contributed by atoms with Gasteiger partial charge in [-0.3, -0.25) is 4.79 Å². The molecule has 1 rings (SSSR count). The summed E-state index contributed by atoms with van der Waals surface area (Å²) >= 11 is 0. The third-order valence-corrected chi connectivity index (χ3v) is 3.07. The lowest BCUT2D eigenvalue weighted by atomic mass is 10.0. The van der Waals surface area contributed by atoms with Crippen molar-refractivity contribution < 1.29 is 14.6 Å². The molecule has 2 unspecified atom stereocenters. The lowest BCUT2D eigenvalue weighted by Crippen LogP contribution is -2.29. The van der Waals surface area contributed by atoms with Crippen LogP contribution in [0.3, 0.4) is 0 Å². The van der Waals surface area contributed by atoms with E-state index in [9.17, 15) is 9.90 Å². The van der Waals surface area contributed by atoms with Crippen LogP contribution in [0.1, 0.15) is 30.9 Å². The van der Waals surface area contributed by atoms with Crippen LogP contribution >= 0.6 is 0 Å². The number of rotatable bonds is 9. The zero-order valence-corrected chi connectivity index (χ0v) is 11.9. The van der Waals surface area contributed by atoms with Gasteiger partial charge in [-0.1, -0.05) is 30.3 Å². The highest BCUT2D eigenvalue weighted by Crippen LogP contribution is 2.14. The lowest BCUT2D eigenvalue weighted by Gasteiger charge is -2.13. The maximum Gasteiger partial charge on any atom is 0.220 e. The van der Waals surface area contributed by atoms with Gasteiger partial charge < -0.3 is 20.9 Å². The number of hydrogen-bond acceptors (Lipinski definition) is 4. The summed E-state index contributed by atoms with van der Waals surface area (Å²) in [5.41, 5.74) is 7.06. The van der Waals surface area contributed by atoms with Crippen molar-refractivity contribution in [3.8, 4) is 0 Å². The summed E-state index contributed by atoms with van der Waals surface area (Å²) in [6, 6.07) is 9.61. The van der Waals surface area contributed by atoms with E-state index in [0.29, 0.717) is 25.8 Å². The number of benzene rings is 1. The van der Waals surface area contributed by atoms with Gasteiger partial charge in [0, 0.05) is 26.1 Å². The van der Waals surface area contributed by atoms with Gasteiger partial charge in [0.1, 0.15) is 0 Å². The Kier molecular flexibility index (Phi) is 7.87. The second-order valence-corrected chi connectivity index (χ2v) is 4.80. The Bertz CT molecular complexity index is 384. The first-order valence-corrected chi connectivity index (χ1v) is 6.87. The number of hydrogen-bond donors (Lipinski definition) is 3. The lowest BCUT2D eigenvalue weighted by molar-refractivity contribution is -0.121. The molecule has 0 aliphatic carbocycles. The van der Waals surface area contributed by atoms with E-state index in [4.69, 9.17) is 10.5 Å². The first kappa shape index (κ1) is 16.6. The van der Waals surface area contributed by atoms with Crippen molar-refractivity contribution >= 4 is 5.91 Å². The van der Waals surface area contributed by atoms with Crippen molar-refractivity contribution in [2.75, 3.05) is 20.3 Å². The zero-order valence-electron chi connectivity index (χ0n) is 11.9. The van der Waals surface area contributed by atoms with Crippen LogP contribution in [0.15, 0.2) is 30.3 Å². The molecule has 1 amide bonds. The van der Waals surface area contributed by atoms with Crippen LogP contribution in [-0.4, -0.2) is 37.4 Å². The molecule has 0 saturated heterocycles. The average Bonchev–Trinajstić information content (AvgIpc) is 2.46. The van der Waals surface area contributed by atoms with Crippen LogP contribution in [0.2, 0.25) is 0 Å². The van der Waals surface area contributed by atoms with Crippen molar-refractivity contribution in [3.63, 3.8) is 0 Å². The molecule has 4 N–H and O–H groups in total. The maximum atomic E-state index is 11.6. The summed E-state index contributed by atoms with van der Waals surface area (Å²) in [7, 11) is 1.53. The fourth-order valence-corrected chi connectivity index (χ4v) is 1.90. The van der Waals surface area contributed by atoms with E-state index < -0.39 is 6.10 Å². The van der Waals surface area contributed by atoms with Gasteiger partial charge in [0.25, 0.3) is 0 Å². The number of amides is 1. The molecular weight excluding hydrogens is 256 g/mol. The molecule has 0 fully saturated rings. The Morgan fingerprint density at radius 3 is 2.70 bits per heavy atom. The number of nitrogens with one attached hydrogen (secondary N) is 1. The third kappa shape index (κ3) is 6.65. The molecule has 1 aromatic rings. The number of nitrogens with two attached hydrogens (primary N) is 1. The molecule has 20 heavy (non-hydrogen) atoms. The molecule has 5 nitrogen and oxygen atoms in total. The summed E-state index contributed by atoms with van der Waals surface area (Å²) in [4.78, 5) is 11.6. The van der Waals surface area contributed by atoms with Crippen LogP contribution in [0.4, 0.5) is 0 Å². The van der Waals surface area contributed by atoms with E-state index >= 15 is 0 Å². The van der Waals surface area contributed by atoms with Crippen molar-refractivity contribution in [2.45, 2.75) is 31.4 Å². The summed E-state index contributed by atoms with van der Waals surface area (Å²) in [6.45, 7) is 0.735. The number of aliphatic hydroxyl groups is 1. The SMILES string of the molecule is COCC(O)CCNC(=O)CCC(N)c1ccccc1. The number of aliphatic hydroxyl groups excluding tert-OH is 1. The largest absolute Gasteiger partial charge is 0.391 e. The van der Waals surface area contributed by atoms with Gasteiger partial charge in [0.15, 0.2) is 0 Å². The predicted molar refractivity (Wildman–Crippen MR) is 78.1 cm³/mol. The van der Waals surface area contributed by atoms with Crippen molar-refractivity contribution in [1.29, 1.82) is 0 Å². The zero-order chi connectivity index (χ0) is 14.8. The quantitative estimate of drug-likeness (QED) is 0.629. The number of carbonyl (C=O) groups is 1. The van der Waals surface area contributed by atoms with Gasteiger partial charge in [-0.25, -0.2) is 0 Å². The van der Waals surface area contributed by atoms with Gasteiger partial charge in [-0.05, 0) is 18.4 Å². The first-order chi connectivity index (χ1) is 9.63. The molecule has 0 radical (unpaired) electrons. The second kappa shape index (κ2) is 9.47. The molecule has 0 aliphatic heterocycles. The Labute approximate surface area is 120 Å². The smallest absolute Gasteiger partial charge is 0.220 e. The summed E-state index contributed by atoms with van der Waals surface area (Å²) in [5.74, 6) is -0.0407. The number of carbonyl (C=O) groups excluding carboxylic acids is 1. The minimum atomic E-state index is -0.535. The Hall–Kier alpha value is -1.43. The average molecular weight is 280 g/mol. The van der Waals surface area contributed by atoms with Crippen molar-refractivity contribution in [2.24, 2.45) is 5.73 Å². The van der Waals surface area contributed by atoms with E-state index in [-0.39, 0.29) is 18.6 Å². The Balaban J connectivity index is 2.17. The van der Waals surface area contributed by atoms with E-state index in [2.05, 4.69) is 5.32 Å². The standard InChI is InChI=1S/C15H24N2O3/c1-20-11-13(18)9-10-17-15(19)8-7-14(16)12-5-3-2-4-6-12/h2-6,13-14,18H,7-11,16H2,1H3,(H,17,19). The highest BCUT2D eigenvalue weighted by Gasteiger charge is 2.09. The molecule has 0 aliphatic rings. The Morgan fingerprint density at radius 1 is 1.35 bits per heavy atom. The van der Waals surface area contributed by atoms with Crippen LogP contribution in [0.5, 0.6) is 0 Å². The van der Waals surface area contributed by atoms with E-state index in [0.717, 1.165) is 5.56 Å². The predicted octanol–water partition coefficient (Wildman–Crippen LogP) is 0.980. The minimum Gasteiger partial charge on any atom is -0.391 e. The molecular formula is C15H24N2O3. The fourth-order valence-electron chi connectivity index (χ4n) is 1.90. The van der Waals surface area contributed by atoms with Gasteiger partial charge in [0.05, 0.1) is 12.7 Å². The molecule has 0 saturated carbocycles. The molecule has 112 valence electrons. The second-order valence-electron chi connectivity index (χ2n) is 4.80. The number of methoxy groups -OCH3 is 1. The van der Waals surface area contributed by atoms with E-state index in [1.165, 1.54) is 7.11 Å². The molecule has 0 aromatic heterocycles. The van der Waals surface area contributed by atoms with Crippen molar-refractivity contribution in [3.05, 3.63) is 35.9 Å². The highest BCUT2D eigenvalue weighted by molar-refractivity contribution is 5.75. The van der Waals surface area contributed by atoms with Crippen LogP contribution < -0.4 is 11.1 Å². The van der Waals surface area contributed by atoms with Crippen LogP contribution in [0, 0.1) is 0 Å². The highest BCUT2D eigenvalue weighted by atomic mass is 16.5. The van der Waals surface area contributed by atoms with Gasteiger partial charge in [-0.2, -0.15) is 0 Å². The van der Waals surface area contributed by atoms with Gasteiger partial charge in [-0.15, -0.1) is 0 Å². The molecule has 1 aromatic carbocycles. The first-order valence-electron chi connectivity index (χ1n) is 6.87. The summed E-state index contributed by atoms with van der Waals surface area (Å²) in [6.07, 6.45) is 0.948. The van der Waals surface area contributed by atoms with Crippen molar-refractivity contribution in [1.82, 2.24) is 5.32 Å². The summed E-state index contributed by atoms with van der Waals surface area (Å²) < 4.78 is 4.81. The van der Waals surface area contributed by atoms with Crippen LogP contribution in [0.25, 0.3) is 0 Å². The van der Waals surface area contributed by atoms with E-state index in [1.807, 2.05) is 30.3 Å². The molecule has 0 spiro atoms.